The van der Waals surface area contributed by atoms with Crippen molar-refractivity contribution in [1.29, 1.82) is 0 Å². The molecule has 96 valence electrons. The van der Waals surface area contributed by atoms with Crippen molar-refractivity contribution >= 4 is 17.8 Å². The van der Waals surface area contributed by atoms with Crippen molar-refractivity contribution in [1.82, 2.24) is 5.32 Å². The number of primary amides is 1. The Kier molecular flexibility index (Phi) is 4.48. The molecule has 0 spiro atoms. The molecule has 0 aromatic carbocycles. The Bertz CT molecular complexity index is 329. The summed E-state index contributed by atoms with van der Waals surface area (Å²) in [5.74, 6) is -2.15. The van der Waals surface area contributed by atoms with Crippen LogP contribution in [0.1, 0.15) is 32.6 Å². The predicted molar refractivity (Wildman–Crippen MR) is 59.9 cm³/mol. The van der Waals surface area contributed by atoms with Gasteiger partial charge >= 0.3 is 5.97 Å². The van der Waals surface area contributed by atoms with Crippen LogP contribution in [-0.4, -0.2) is 28.9 Å². The minimum absolute atomic E-state index is 0.148. The molecular formula is C11H18N2O4. The fraction of sp³-hybridized carbons (Fsp3) is 0.727. The largest absolute Gasteiger partial charge is 0.480 e. The molecule has 1 aliphatic rings. The number of nitrogens with two attached hydrogens (primary N) is 1. The van der Waals surface area contributed by atoms with Gasteiger partial charge < -0.3 is 16.2 Å². The third-order valence-corrected chi connectivity index (χ3v) is 3.22. The van der Waals surface area contributed by atoms with Crippen molar-refractivity contribution in [3.8, 4) is 0 Å². The summed E-state index contributed by atoms with van der Waals surface area (Å²) in [6, 6.07) is -1.22. The molecule has 0 radical (unpaired) electrons. The maximum Gasteiger partial charge on any atom is 0.326 e. The van der Waals surface area contributed by atoms with E-state index in [9.17, 15) is 14.4 Å². The van der Waals surface area contributed by atoms with Crippen LogP contribution < -0.4 is 11.1 Å². The second kappa shape index (κ2) is 5.65. The van der Waals surface area contributed by atoms with E-state index in [-0.39, 0.29) is 24.2 Å². The molecule has 0 aromatic rings. The van der Waals surface area contributed by atoms with Crippen molar-refractivity contribution in [2.45, 2.75) is 38.6 Å². The molecule has 3 atom stereocenters. The Morgan fingerprint density at radius 3 is 2.47 bits per heavy atom. The highest BCUT2D eigenvalue weighted by Crippen LogP contribution is 2.31. The van der Waals surface area contributed by atoms with E-state index in [1.54, 1.807) is 0 Å². The summed E-state index contributed by atoms with van der Waals surface area (Å²) in [6.45, 7) is 1.97. The number of carbonyl (C=O) groups is 3. The molecule has 0 heterocycles. The topological polar surface area (TPSA) is 109 Å². The van der Waals surface area contributed by atoms with Crippen molar-refractivity contribution < 1.29 is 19.5 Å². The van der Waals surface area contributed by atoms with Gasteiger partial charge in [-0.05, 0) is 18.8 Å². The molecule has 1 saturated carbocycles. The lowest BCUT2D eigenvalue weighted by Crippen LogP contribution is -2.46. The number of carboxylic acid groups (broad SMARTS) is 1. The van der Waals surface area contributed by atoms with E-state index >= 15 is 0 Å². The number of amides is 2. The van der Waals surface area contributed by atoms with Gasteiger partial charge in [-0.3, -0.25) is 9.59 Å². The highest BCUT2D eigenvalue weighted by atomic mass is 16.4. The van der Waals surface area contributed by atoms with E-state index in [1.807, 2.05) is 6.92 Å². The van der Waals surface area contributed by atoms with E-state index in [1.165, 1.54) is 0 Å². The monoisotopic (exact) mass is 242 g/mol. The highest BCUT2D eigenvalue weighted by Gasteiger charge is 2.32. The molecular weight excluding hydrogens is 224 g/mol. The smallest absolute Gasteiger partial charge is 0.326 e. The Morgan fingerprint density at radius 2 is 2.06 bits per heavy atom. The Labute approximate surface area is 99.6 Å². The van der Waals surface area contributed by atoms with Crippen molar-refractivity contribution in [3.63, 3.8) is 0 Å². The summed E-state index contributed by atoms with van der Waals surface area (Å²) in [6.07, 6.45) is 2.36. The first-order chi connectivity index (χ1) is 7.91. The van der Waals surface area contributed by atoms with Crippen molar-refractivity contribution in [2.24, 2.45) is 17.6 Å². The number of rotatable bonds is 5. The Balaban J connectivity index is 2.57. The van der Waals surface area contributed by atoms with E-state index in [0.29, 0.717) is 0 Å². The summed E-state index contributed by atoms with van der Waals surface area (Å²) in [4.78, 5) is 33.4. The fourth-order valence-corrected chi connectivity index (χ4v) is 2.21. The Hall–Kier alpha value is -1.59. The zero-order valence-corrected chi connectivity index (χ0v) is 9.81. The van der Waals surface area contributed by atoms with E-state index in [0.717, 1.165) is 19.3 Å². The summed E-state index contributed by atoms with van der Waals surface area (Å²) < 4.78 is 0. The molecule has 0 aromatic heterocycles. The van der Waals surface area contributed by atoms with Crippen LogP contribution in [0.3, 0.4) is 0 Å². The predicted octanol–water partition coefficient (Wildman–Crippen LogP) is -0.133. The van der Waals surface area contributed by atoms with Gasteiger partial charge in [-0.2, -0.15) is 0 Å². The van der Waals surface area contributed by atoms with Crippen LogP contribution in [0.5, 0.6) is 0 Å². The molecule has 0 aliphatic heterocycles. The summed E-state index contributed by atoms with van der Waals surface area (Å²) in [5, 5.41) is 11.2. The minimum Gasteiger partial charge on any atom is -0.480 e. The van der Waals surface area contributed by atoms with Gasteiger partial charge in [0.2, 0.25) is 11.8 Å². The van der Waals surface area contributed by atoms with E-state index < -0.39 is 17.9 Å². The normalized spacial score (nSPS) is 25.2. The fourth-order valence-electron chi connectivity index (χ4n) is 2.21. The molecule has 1 fully saturated rings. The van der Waals surface area contributed by atoms with Crippen LogP contribution in [0.2, 0.25) is 0 Å². The summed E-state index contributed by atoms with van der Waals surface area (Å²) in [5.41, 5.74) is 4.93. The quantitative estimate of drug-likeness (QED) is 0.623. The molecule has 2 amide bonds. The zero-order chi connectivity index (χ0) is 13.0. The van der Waals surface area contributed by atoms with Crippen LogP contribution >= 0.6 is 0 Å². The maximum atomic E-state index is 11.8. The molecule has 0 saturated heterocycles. The summed E-state index contributed by atoms with van der Waals surface area (Å²) in [7, 11) is 0. The van der Waals surface area contributed by atoms with Gasteiger partial charge in [0, 0.05) is 5.92 Å². The lowest BCUT2D eigenvalue weighted by molar-refractivity contribution is -0.144. The van der Waals surface area contributed by atoms with Crippen LogP contribution in [0, 0.1) is 11.8 Å². The maximum absolute atomic E-state index is 11.8. The number of carbonyl (C=O) groups excluding carboxylic acids is 2. The molecule has 3 unspecified atom stereocenters. The van der Waals surface area contributed by atoms with Gasteiger partial charge in [-0.25, -0.2) is 4.79 Å². The lowest BCUT2D eigenvalue weighted by atomic mass is 9.97. The molecule has 0 bridgehead atoms. The second-order valence-electron chi connectivity index (χ2n) is 4.58. The standard InChI is InChI=1S/C11H18N2O4/c1-6-3-2-4-7(6)10(15)13-8(11(16)17)5-9(12)14/h6-8H,2-5H2,1H3,(H2,12,14)(H,13,15)(H,16,17). The number of aliphatic carboxylic acids is 1. The molecule has 6 heteroatoms. The van der Waals surface area contributed by atoms with Gasteiger partial charge in [-0.15, -0.1) is 0 Å². The number of hydrogen-bond donors (Lipinski definition) is 3. The summed E-state index contributed by atoms with van der Waals surface area (Å²) >= 11 is 0. The first kappa shape index (κ1) is 13.5. The average Bonchev–Trinajstić information content (AvgIpc) is 2.62. The average molecular weight is 242 g/mol. The third-order valence-electron chi connectivity index (χ3n) is 3.22. The van der Waals surface area contributed by atoms with Crippen LogP contribution in [0.15, 0.2) is 0 Å². The van der Waals surface area contributed by atoms with E-state index in [2.05, 4.69) is 5.32 Å². The molecule has 4 N–H and O–H groups in total. The molecule has 17 heavy (non-hydrogen) atoms. The third kappa shape index (κ3) is 3.72. The highest BCUT2D eigenvalue weighted by molar-refractivity contribution is 5.89. The molecule has 6 nitrogen and oxygen atoms in total. The Morgan fingerprint density at radius 1 is 1.41 bits per heavy atom. The van der Waals surface area contributed by atoms with E-state index in [4.69, 9.17) is 10.8 Å². The first-order valence-corrected chi connectivity index (χ1v) is 5.73. The van der Waals surface area contributed by atoms with Gasteiger partial charge in [0.15, 0.2) is 0 Å². The van der Waals surface area contributed by atoms with Crippen molar-refractivity contribution in [3.05, 3.63) is 0 Å². The minimum atomic E-state index is -1.23. The number of carboxylic acids is 1. The van der Waals surface area contributed by atoms with Crippen LogP contribution in [0.4, 0.5) is 0 Å². The van der Waals surface area contributed by atoms with Gasteiger partial charge in [-0.1, -0.05) is 13.3 Å². The number of nitrogens with one attached hydrogen (secondary N) is 1. The van der Waals surface area contributed by atoms with Gasteiger partial charge in [0.25, 0.3) is 0 Å². The lowest BCUT2D eigenvalue weighted by Gasteiger charge is -2.18. The second-order valence-corrected chi connectivity index (χ2v) is 4.58. The van der Waals surface area contributed by atoms with Crippen molar-refractivity contribution in [2.75, 3.05) is 0 Å². The van der Waals surface area contributed by atoms with Crippen LogP contribution in [0.25, 0.3) is 0 Å². The van der Waals surface area contributed by atoms with Gasteiger partial charge in [0.1, 0.15) is 6.04 Å². The van der Waals surface area contributed by atoms with Gasteiger partial charge in [0.05, 0.1) is 6.42 Å². The molecule has 1 aliphatic carbocycles. The first-order valence-electron chi connectivity index (χ1n) is 5.73. The zero-order valence-electron chi connectivity index (χ0n) is 9.81. The SMILES string of the molecule is CC1CCCC1C(=O)NC(CC(N)=O)C(=O)O. The number of hydrogen-bond acceptors (Lipinski definition) is 3. The van der Waals surface area contributed by atoms with Crippen LogP contribution in [-0.2, 0) is 14.4 Å². The molecule has 1 rings (SSSR count).